The fourth-order valence-electron chi connectivity index (χ4n) is 1.47. The van der Waals surface area contributed by atoms with Crippen molar-refractivity contribution in [3.05, 3.63) is 23.8 Å². The highest BCUT2D eigenvalue weighted by Gasteiger charge is 2.11. The van der Waals surface area contributed by atoms with E-state index in [1.807, 2.05) is 6.92 Å². The molecule has 18 heavy (non-hydrogen) atoms. The first kappa shape index (κ1) is 13.9. The highest BCUT2D eigenvalue weighted by Crippen LogP contribution is 2.26. The van der Waals surface area contributed by atoms with Gasteiger partial charge in [0.2, 0.25) is 5.91 Å². The van der Waals surface area contributed by atoms with Gasteiger partial charge in [0, 0.05) is 12.5 Å². The molecular formula is C13H15NO4. The number of carbonyl (C=O) groups excluding carboxylic acids is 3. The van der Waals surface area contributed by atoms with Gasteiger partial charge in [0.15, 0.2) is 5.78 Å². The van der Waals surface area contributed by atoms with Crippen molar-refractivity contribution in [3.63, 3.8) is 0 Å². The van der Waals surface area contributed by atoms with E-state index >= 15 is 0 Å². The summed E-state index contributed by atoms with van der Waals surface area (Å²) >= 11 is 0. The zero-order valence-electron chi connectivity index (χ0n) is 10.4. The van der Waals surface area contributed by atoms with Gasteiger partial charge in [-0.25, -0.2) is 0 Å². The van der Waals surface area contributed by atoms with Gasteiger partial charge >= 0.3 is 0 Å². The lowest BCUT2D eigenvalue weighted by Crippen LogP contribution is -2.09. The lowest BCUT2D eigenvalue weighted by atomic mass is 10.1. The smallest absolute Gasteiger partial charge is 0.221 e. The molecule has 0 aliphatic rings. The van der Waals surface area contributed by atoms with Crippen LogP contribution < -0.4 is 10.1 Å². The molecule has 0 saturated heterocycles. The van der Waals surface area contributed by atoms with Crippen molar-refractivity contribution in [1.29, 1.82) is 0 Å². The van der Waals surface area contributed by atoms with Crippen molar-refractivity contribution in [2.45, 2.75) is 20.3 Å². The summed E-state index contributed by atoms with van der Waals surface area (Å²) in [6, 6.07) is 4.69. The van der Waals surface area contributed by atoms with E-state index in [0.717, 1.165) is 0 Å². The number of hydrogen-bond acceptors (Lipinski definition) is 4. The number of nitrogens with one attached hydrogen (secondary N) is 1. The molecule has 5 nitrogen and oxygen atoms in total. The van der Waals surface area contributed by atoms with Gasteiger partial charge in [-0.15, -0.1) is 0 Å². The van der Waals surface area contributed by atoms with E-state index in [-0.39, 0.29) is 18.1 Å². The Hall–Kier alpha value is -2.17. The molecule has 1 rings (SSSR count). The van der Waals surface area contributed by atoms with Gasteiger partial charge < -0.3 is 14.8 Å². The van der Waals surface area contributed by atoms with Crippen molar-refractivity contribution in [2.75, 3.05) is 11.9 Å². The molecule has 1 N–H and O–H groups in total. The Morgan fingerprint density at radius 2 is 2.11 bits per heavy atom. The van der Waals surface area contributed by atoms with E-state index in [0.29, 0.717) is 29.9 Å². The number of rotatable bonds is 6. The van der Waals surface area contributed by atoms with Crippen LogP contribution in [-0.2, 0) is 9.59 Å². The summed E-state index contributed by atoms with van der Waals surface area (Å²) in [6.45, 7) is 3.65. The Balaban J connectivity index is 3.07. The van der Waals surface area contributed by atoms with Crippen LogP contribution in [0.3, 0.4) is 0 Å². The molecule has 0 aliphatic heterocycles. The lowest BCUT2D eigenvalue weighted by molar-refractivity contribution is -0.114. The van der Waals surface area contributed by atoms with Crippen LogP contribution in [-0.4, -0.2) is 24.6 Å². The first-order valence-electron chi connectivity index (χ1n) is 5.59. The van der Waals surface area contributed by atoms with Crippen molar-refractivity contribution >= 4 is 23.7 Å². The zero-order chi connectivity index (χ0) is 13.5. The number of ether oxygens (including phenoxy) is 1. The first-order valence-corrected chi connectivity index (χ1v) is 5.59. The molecule has 0 bridgehead atoms. The highest BCUT2D eigenvalue weighted by atomic mass is 16.5. The molecule has 0 fully saturated rings. The number of Topliss-reactive ketones (excluding diaryl/α,β-unsaturated/α-hetero) is 1. The van der Waals surface area contributed by atoms with Crippen molar-refractivity contribution in [3.8, 4) is 5.75 Å². The standard InChI is InChI=1S/C13H15NO4/c1-3-18-13-5-4-10(12(17)6-7-15)8-11(13)14-9(2)16/h4-5,7-8H,3,6H2,1-2H3,(H,14,16). The molecule has 96 valence electrons. The zero-order valence-corrected chi connectivity index (χ0v) is 10.4. The third kappa shape index (κ3) is 3.69. The molecule has 1 aromatic carbocycles. The number of carbonyl (C=O) groups is 3. The van der Waals surface area contributed by atoms with E-state index in [1.165, 1.54) is 13.0 Å². The summed E-state index contributed by atoms with van der Waals surface area (Å²) in [5.74, 6) is -0.0501. The van der Waals surface area contributed by atoms with E-state index < -0.39 is 0 Å². The average Bonchev–Trinajstić information content (AvgIpc) is 2.31. The summed E-state index contributed by atoms with van der Waals surface area (Å²) in [5.41, 5.74) is 0.801. The number of anilines is 1. The molecule has 0 aliphatic carbocycles. The van der Waals surface area contributed by atoms with Gasteiger partial charge in [0.05, 0.1) is 18.7 Å². The van der Waals surface area contributed by atoms with Crippen molar-refractivity contribution in [1.82, 2.24) is 0 Å². The molecule has 0 spiro atoms. The minimum atomic E-state index is -0.292. The van der Waals surface area contributed by atoms with Crippen LogP contribution in [0.1, 0.15) is 30.6 Å². The Morgan fingerprint density at radius 1 is 1.39 bits per heavy atom. The predicted molar refractivity (Wildman–Crippen MR) is 66.9 cm³/mol. The van der Waals surface area contributed by atoms with Gasteiger partial charge in [-0.1, -0.05) is 0 Å². The molecule has 0 saturated carbocycles. The summed E-state index contributed by atoms with van der Waals surface area (Å²) in [5, 5.41) is 2.59. The number of aldehydes is 1. The third-order valence-electron chi connectivity index (χ3n) is 2.18. The second-order valence-electron chi connectivity index (χ2n) is 3.62. The van der Waals surface area contributed by atoms with Crippen LogP contribution in [0.5, 0.6) is 5.75 Å². The first-order chi connectivity index (χ1) is 8.58. The summed E-state index contributed by atoms with van der Waals surface area (Å²) in [4.78, 5) is 32.9. The number of amides is 1. The average molecular weight is 249 g/mol. The molecule has 1 aromatic rings. The Labute approximate surface area is 105 Å². The molecule has 0 heterocycles. The van der Waals surface area contributed by atoms with Crippen molar-refractivity contribution in [2.24, 2.45) is 0 Å². The van der Waals surface area contributed by atoms with Crippen LogP contribution in [0.2, 0.25) is 0 Å². The van der Waals surface area contributed by atoms with Crippen molar-refractivity contribution < 1.29 is 19.1 Å². The monoisotopic (exact) mass is 249 g/mol. The van der Waals surface area contributed by atoms with Crippen LogP contribution in [0, 0.1) is 0 Å². The quantitative estimate of drug-likeness (QED) is 0.474. The number of ketones is 1. The van der Waals surface area contributed by atoms with Crippen LogP contribution in [0.25, 0.3) is 0 Å². The normalized spacial score (nSPS) is 9.67. The summed E-state index contributed by atoms with van der Waals surface area (Å²) in [7, 11) is 0. The maximum atomic E-state index is 11.6. The molecule has 0 aromatic heterocycles. The fourth-order valence-corrected chi connectivity index (χ4v) is 1.47. The number of benzene rings is 1. The summed E-state index contributed by atoms with van der Waals surface area (Å²) in [6.07, 6.45) is 0.379. The number of hydrogen-bond donors (Lipinski definition) is 1. The van der Waals surface area contributed by atoms with E-state index in [1.54, 1.807) is 12.1 Å². The molecule has 1 amide bonds. The Bertz CT molecular complexity index is 468. The van der Waals surface area contributed by atoms with Crippen LogP contribution >= 0.6 is 0 Å². The molecule has 0 radical (unpaired) electrons. The molecule has 0 unspecified atom stereocenters. The van der Waals surface area contributed by atoms with Gasteiger partial charge in [0.1, 0.15) is 12.0 Å². The van der Waals surface area contributed by atoms with Gasteiger partial charge in [-0.2, -0.15) is 0 Å². The third-order valence-corrected chi connectivity index (χ3v) is 2.18. The predicted octanol–water partition coefficient (Wildman–Crippen LogP) is 1.82. The fraction of sp³-hybridized carbons (Fsp3) is 0.308. The maximum absolute atomic E-state index is 11.6. The van der Waals surface area contributed by atoms with Crippen LogP contribution in [0.15, 0.2) is 18.2 Å². The van der Waals surface area contributed by atoms with E-state index in [2.05, 4.69) is 5.32 Å². The minimum absolute atomic E-state index is 0.173. The SMILES string of the molecule is CCOc1ccc(C(=O)CC=O)cc1NC(C)=O. The topological polar surface area (TPSA) is 72.5 Å². The van der Waals surface area contributed by atoms with Gasteiger partial charge in [-0.05, 0) is 25.1 Å². The Morgan fingerprint density at radius 3 is 2.67 bits per heavy atom. The van der Waals surface area contributed by atoms with E-state index in [9.17, 15) is 14.4 Å². The minimum Gasteiger partial charge on any atom is -0.492 e. The Kier molecular flexibility index (Phi) is 5.05. The van der Waals surface area contributed by atoms with Crippen LogP contribution in [0.4, 0.5) is 5.69 Å². The molecule has 5 heteroatoms. The lowest BCUT2D eigenvalue weighted by Gasteiger charge is -2.11. The van der Waals surface area contributed by atoms with Gasteiger partial charge in [-0.3, -0.25) is 9.59 Å². The van der Waals surface area contributed by atoms with Gasteiger partial charge in [0.25, 0.3) is 0 Å². The second-order valence-corrected chi connectivity index (χ2v) is 3.62. The maximum Gasteiger partial charge on any atom is 0.221 e. The second kappa shape index (κ2) is 6.54. The largest absolute Gasteiger partial charge is 0.492 e. The molecular weight excluding hydrogens is 234 g/mol. The summed E-state index contributed by atoms with van der Waals surface area (Å²) < 4.78 is 5.34. The highest BCUT2D eigenvalue weighted by molar-refractivity contribution is 6.04. The van der Waals surface area contributed by atoms with E-state index in [4.69, 9.17) is 4.74 Å². The molecule has 0 atom stereocenters.